The van der Waals surface area contributed by atoms with Crippen LogP contribution in [0.15, 0.2) is 54.7 Å². The van der Waals surface area contributed by atoms with E-state index in [9.17, 15) is 9.59 Å². The Morgan fingerprint density at radius 2 is 1.75 bits per heavy atom. The molecule has 1 aromatic heterocycles. The van der Waals surface area contributed by atoms with Crippen molar-refractivity contribution in [1.29, 1.82) is 5.41 Å². The van der Waals surface area contributed by atoms with Crippen LogP contribution in [-0.2, 0) is 4.79 Å². The second kappa shape index (κ2) is 10.9. The second-order valence-electron chi connectivity index (χ2n) is 8.82. The largest absolute Gasteiger partial charge is 0.360 e. The first-order valence-electron chi connectivity index (χ1n) is 11.4. The predicted molar refractivity (Wildman–Crippen MR) is 131 cm³/mol. The standard InChI is InChI=1S/C27H33N3O2/c1-19(2)18-30(27(28)21-12-6-4-7-13-21)16-9-5-8-15-24(31)26(32)23-17-29-25-20(3)11-10-14-22(23)25/h4,6-7,10-14,17,19,28-29H,5,8-9,15-16,18H2,1-3H3. The number of benzene rings is 2. The number of carbonyl (C=O) groups excluding carboxylic acids is 2. The van der Waals surface area contributed by atoms with E-state index in [1.54, 1.807) is 6.20 Å². The summed E-state index contributed by atoms with van der Waals surface area (Å²) in [6.07, 6.45) is 4.33. The molecule has 0 radical (unpaired) electrons. The number of aryl methyl sites for hydroxylation is 1. The van der Waals surface area contributed by atoms with Crippen molar-refractivity contribution in [3.8, 4) is 0 Å². The van der Waals surface area contributed by atoms with Gasteiger partial charge in [0.1, 0.15) is 5.84 Å². The summed E-state index contributed by atoms with van der Waals surface area (Å²) in [4.78, 5) is 30.4. The number of aromatic nitrogens is 1. The first kappa shape index (κ1) is 23.5. The van der Waals surface area contributed by atoms with Gasteiger partial charge in [-0.05, 0) is 31.2 Å². The smallest absolute Gasteiger partial charge is 0.230 e. The fraction of sp³-hybridized carbons (Fsp3) is 0.370. The number of hydrogen-bond acceptors (Lipinski definition) is 3. The van der Waals surface area contributed by atoms with Crippen molar-refractivity contribution in [1.82, 2.24) is 9.88 Å². The number of amidine groups is 1. The molecule has 2 N–H and O–H groups in total. The van der Waals surface area contributed by atoms with Crippen LogP contribution in [0.5, 0.6) is 0 Å². The SMILES string of the molecule is Cc1cccc2c(C(=O)C(=O)CCCCCN(CC(C)C)C(=N)c3ccccc3)c[nH]c12. The van der Waals surface area contributed by atoms with Gasteiger partial charge in [0.25, 0.3) is 0 Å². The second-order valence-corrected chi connectivity index (χ2v) is 8.82. The molecule has 0 spiro atoms. The summed E-state index contributed by atoms with van der Waals surface area (Å²) in [5, 5.41) is 9.38. The molecule has 0 aliphatic rings. The predicted octanol–water partition coefficient (Wildman–Crippen LogP) is 5.77. The van der Waals surface area contributed by atoms with Gasteiger partial charge in [-0.1, -0.05) is 68.8 Å². The van der Waals surface area contributed by atoms with E-state index in [2.05, 4.69) is 23.7 Å². The molecule has 168 valence electrons. The number of nitrogens with zero attached hydrogens (tertiary/aromatic N) is 1. The van der Waals surface area contributed by atoms with Crippen molar-refractivity contribution in [2.75, 3.05) is 13.1 Å². The number of para-hydroxylation sites is 1. The molecule has 0 atom stereocenters. The topological polar surface area (TPSA) is 77.0 Å². The molecule has 32 heavy (non-hydrogen) atoms. The molecular weight excluding hydrogens is 398 g/mol. The van der Waals surface area contributed by atoms with Gasteiger partial charge in [-0.25, -0.2) is 0 Å². The number of fused-ring (bicyclic) bond motifs is 1. The van der Waals surface area contributed by atoms with Crippen molar-refractivity contribution in [3.05, 3.63) is 71.4 Å². The van der Waals surface area contributed by atoms with Gasteiger partial charge < -0.3 is 9.88 Å². The molecule has 0 amide bonds. The van der Waals surface area contributed by atoms with E-state index >= 15 is 0 Å². The van der Waals surface area contributed by atoms with E-state index in [1.165, 1.54) is 0 Å². The van der Waals surface area contributed by atoms with Gasteiger partial charge >= 0.3 is 0 Å². The maximum absolute atomic E-state index is 12.7. The maximum atomic E-state index is 12.7. The lowest BCUT2D eigenvalue weighted by Crippen LogP contribution is -2.35. The summed E-state index contributed by atoms with van der Waals surface area (Å²) < 4.78 is 0. The molecule has 0 saturated carbocycles. The zero-order valence-electron chi connectivity index (χ0n) is 19.3. The summed E-state index contributed by atoms with van der Waals surface area (Å²) in [7, 11) is 0. The molecule has 3 rings (SSSR count). The Kier molecular flexibility index (Phi) is 7.98. The molecule has 2 aromatic carbocycles. The van der Waals surface area contributed by atoms with E-state index in [4.69, 9.17) is 5.41 Å². The van der Waals surface area contributed by atoms with Crippen LogP contribution < -0.4 is 0 Å². The van der Waals surface area contributed by atoms with Crippen molar-refractivity contribution in [2.24, 2.45) is 5.92 Å². The van der Waals surface area contributed by atoms with Gasteiger partial charge in [-0.2, -0.15) is 0 Å². The molecule has 0 aliphatic heterocycles. The van der Waals surface area contributed by atoms with Gasteiger partial charge in [-0.3, -0.25) is 15.0 Å². The Morgan fingerprint density at radius 3 is 2.47 bits per heavy atom. The number of aromatic amines is 1. The van der Waals surface area contributed by atoms with Gasteiger partial charge in [0, 0.05) is 42.2 Å². The minimum absolute atomic E-state index is 0.262. The minimum Gasteiger partial charge on any atom is -0.360 e. The number of hydrogen-bond donors (Lipinski definition) is 2. The van der Waals surface area contributed by atoms with Crippen LogP contribution in [0.3, 0.4) is 0 Å². The molecule has 0 bridgehead atoms. The molecule has 5 nitrogen and oxygen atoms in total. The lowest BCUT2D eigenvalue weighted by molar-refractivity contribution is -0.115. The number of H-pyrrole nitrogens is 1. The quantitative estimate of drug-likeness (QED) is 0.133. The molecule has 0 fully saturated rings. The van der Waals surface area contributed by atoms with E-state index in [-0.39, 0.29) is 12.2 Å². The third-order valence-electron chi connectivity index (χ3n) is 5.70. The highest BCUT2D eigenvalue weighted by Gasteiger charge is 2.20. The summed E-state index contributed by atoms with van der Waals surface area (Å²) in [5.74, 6) is 0.260. The monoisotopic (exact) mass is 431 g/mol. The van der Waals surface area contributed by atoms with Gasteiger partial charge in [-0.15, -0.1) is 0 Å². The maximum Gasteiger partial charge on any atom is 0.230 e. The highest BCUT2D eigenvalue weighted by Crippen LogP contribution is 2.22. The lowest BCUT2D eigenvalue weighted by atomic mass is 10.0. The van der Waals surface area contributed by atoms with E-state index < -0.39 is 5.78 Å². The molecule has 1 heterocycles. The van der Waals surface area contributed by atoms with Crippen LogP contribution in [0.25, 0.3) is 10.9 Å². The van der Waals surface area contributed by atoms with Crippen LogP contribution in [-0.4, -0.2) is 40.4 Å². The van der Waals surface area contributed by atoms with Crippen molar-refractivity contribution >= 4 is 28.3 Å². The minimum atomic E-state index is -0.408. The van der Waals surface area contributed by atoms with Crippen LogP contribution in [0, 0.1) is 18.3 Å². The van der Waals surface area contributed by atoms with Crippen molar-refractivity contribution in [2.45, 2.75) is 46.5 Å². The Balaban J connectivity index is 1.50. The molecule has 5 heteroatoms. The normalized spacial score (nSPS) is 11.1. The van der Waals surface area contributed by atoms with Gasteiger partial charge in [0.05, 0.1) is 5.56 Å². The Morgan fingerprint density at radius 1 is 1.00 bits per heavy atom. The average Bonchev–Trinajstić information content (AvgIpc) is 3.22. The van der Waals surface area contributed by atoms with Gasteiger partial charge in [0.2, 0.25) is 11.6 Å². The first-order chi connectivity index (χ1) is 15.4. The number of carbonyl (C=O) groups is 2. The molecule has 0 saturated heterocycles. The number of Topliss-reactive ketones (excluding diaryl/α,β-unsaturated/α-hetero) is 2. The average molecular weight is 432 g/mol. The summed E-state index contributed by atoms with van der Waals surface area (Å²) in [6, 6.07) is 15.6. The number of rotatable bonds is 11. The van der Waals surface area contributed by atoms with Crippen LogP contribution in [0.4, 0.5) is 0 Å². The van der Waals surface area contributed by atoms with Gasteiger partial charge in [0.15, 0.2) is 0 Å². The zero-order chi connectivity index (χ0) is 23.1. The first-order valence-corrected chi connectivity index (χ1v) is 11.4. The third-order valence-corrected chi connectivity index (χ3v) is 5.70. The number of unbranched alkanes of at least 4 members (excludes halogenated alkanes) is 2. The van der Waals surface area contributed by atoms with Crippen molar-refractivity contribution < 1.29 is 9.59 Å². The summed E-state index contributed by atoms with van der Waals surface area (Å²) >= 11 is 0. The van der Waals surface area contributed by atoms with E-state index in [0.717, 1.165) is 48.0 Å². The zero-order valence-corrected chi connectivity index (χ0v) is 19.3. The van der Waals surface area contributed by atoms with E-state index in [1.807, 2.05) is 55.5 Å². The third kappa shape index (κ3) is 5.72. The fourth-order valence-corrected chi connectivity index (χ4v) is 4.04. The molecular formula is C27H33N3O2. The molecule has 3 aromatic rings. The highest BCUT2D eigenvalue weighted by molar-refractivity contribution is 6.45. The Hall–Kier alpha value is -3.21. The van der Waals surface area contributed by atoms with Crippen LogP contribution in [0.2, 0.25) is 0 Å². The van der Waals surface area contributed by atoms with Crippen LogP contribution in [0.1, 0.15) is 61.0 Å². The number of ketones is 2. The lowest BCUT2D eigenvalue weighted by Gasteiger charge is -2.27. The molecule has 0 unspecified atom stereocenters. The summed E-state index contributed by atoms with van der Waals surface area (Å²) in [6.45, 7) is 7.89. The van der Waals surface area contributed by atoms with Crippen LogP contribution >= 0.6 is 0 Å². The Bertz CT molecular complexity index is 1080. The van der Waals surface area contributed by atoms with Crippen molar-refractivity contribution in [3.63, 3.8) is 0 Å². The Labute approximate surface area is 190 Å². The van der Waals surface area contributed by atoms with E-state index in [0.29, 0.717) is 23.7 Å². The fourth-order valence-electron chi connectivity index (χ4n) is 4.04. The number of nitrogens with one attached hydrogen (secondary N) is 2. The summed E-state index contributed by atoms with van der Waals surface area (Å²) in [5.41, 5.74) is 3.35. The molecule has 0 aliphatic carbocycles. The highest BCUT2D eigenvalue weighted by atomic mass is 16.2.